The van der Waals surface area contributed by atoms with Crippen LogP contribution >= 0.6 is 0 Å². The van der Waals surface area contributed by atoms with Crippen molar-refractivity contribution in [2.45, 2.75) is 17.7 Å². The first kappa shape index (κ1) is 20.6. The van der Waals surface area contributed by atoms with E-state index in [1.54, 1.807) is 4.90 Å². The fourth-order valence-electron chi connectivity index (χ4n) is 3.97. The van der Waals surface area contributed by atoms with E-state index in [0.29, 0.717) is 37.4 Å². The molecule has 0 saturated carbocycles. The second-order valence-corrected chi connectivity index (χ2v) is 9.21. The van der Waals surface area contributed by atoms with Gasteiger partial charge in [0.1, 0.15) is 28.8 Å². The Hall–Kier alpha value is -2.65. The summed E-state index contributed by atoms with van der Waals surface area (Å²) in [6.45, 7) is 1.11. The van der Waals surface area contributed by atoms with Gasteiger partial charge in [0, 0.05) is 13.1 Å². The summed E-state index contributed by atoms with van der Waals surface area (Å²) in [7, 11) is -2.67. The first-order chi connectivity index (χ1) is 14.4. The van der Waals surface area contributed by atoms with Crippen molar-refractivity contribution in [2.24, 2.45) is 5.92 Å². The molecule has 2 aliphatic heterocycles. The minimum absolute atomic E-state index is 0.0420. The normalized spacial score (nSPS) is 19.7. The van der Waals surface area contributed by atoms with E-state index in [1.807, 2.05) is 24.3 Å². The number of benzene rings is 2. The molecule has 2 aliphatic rings. The van der Waals surface area contributed by atoms with Gasteiger partial charge in [-0.25, -0.2) is 12.8 Å². The number of anilines is 1. The molecule has 0 unspecified atom stereocenters. The maximum atomic E-state index is 13.8. The standard InChI is InChI=1S/C21H23FN2O5S/c1-28-19-9-8-16(22)13-20(19)30(26,27)23-10-4-5-15(14-23)21(25)24-11-12-29-18-7-3-2-6-17(18)24/h2-3,6-9,13,15H,4-5,10-12,14H2,1H3/t15-/m0/s1. The van der Waals surface area contributed by atoms with Gasteiger partial charge in [-0.3, -0.25) is 4.79 Å². The maximum absolute atomic E-state index is 13.8. The molecular formula is C21H23FN2O5S. The number of rotatable bonds is 4. The molecule has 1 fully saturated rings. The summed E-state index contributed by atoms with van der Waals surface area (Å²) < 4.78 is 52.1. The predicted octanol–water partition coefficient (Wildman–Crippen LogP) is 2.66. The highest BCUT2D eigenvalue weighted by Gasteiger charge is 2.37. The monoisotopic (exact) mass is 434 g/mol. The second kappa shape index (κ2) is 8.23. The molecule has 0 aliphatic carbocycles. The van der Waals surface area contributed by atoms with Gasteiger partial charge in [0.15, 0.2) is 0 Å². The quantitative estimate of drug-likeness (QED) is 0.740. The summed E-state index contributed by atoms with van der Waals surface area (Å²) >= 11 is 0. The molecule has 30 heavy (non-hydrogen) atoms. The predicted molar refractivity (Wildman–Crippen MR) is 109 cm³/mol. The van der Waals surface area contributed by atoms with E-state index in [0.717, 1.165) is 12.1 Å². The number of halogens is 1. The molecule has 0 aromatic heterocycles. The van der Waals surface area contributed by atoms with Crippen LogP contribution in [0.2, 0.25) is 0 Å². The summed E-state index contributed by atoms with van der Waals surface area (Å²) in [5.74, 6) is -0.561. The molecule has 0 spiro atoms. The van der Waals surface area contributed by atoms with Gasteiger partial charge in [-0.15, -0.1) is 0 Å². The molecule has 2 aromatic carbocycles. The van der Waals surface area contributed by atoms with Crippen LogP contribution < -0.4 is 14.4 Å². The van der Waals surface area contributed by atoms with E-state index in [-0.39, 0.29) is 29.6 Å². The van der Waals surface area contributed by atoms with E-state index < -0.39 is 21.8 Å². The zero-order valence-corrected chi connectivity index (χ0v) is 17.4. The van der Waals surface area contributed by atoms with Crippen LogP contribution in [-0.4, -0.2) is 52.0 Å². The molecule has 160 valence electrons. The largest absolute Gasteiger partial charge is 0.495 e. The number of carbonyl (C=O) groups excluding carboxylic acids is 1. The number of methoxy groups -OCH3 is 1. The summed E-state index contributed by atoms with van der Waals surface area (Å²) in [5.41, 5.74) is 0.695. The second-order valence-electron chi connectivity index (χ2n) is 7.30. The van der Waals surface area contributed by atoms with Gasteiger partial charge < -0.3 is 14.4 Å². The van der Waals surface area contributed by atoms with Gasteiger partial charge in [-0.1, -0.05) is 12.1 Å². The lowest BCUT2D eigenvalue weighted by Gasteiger charge is -2.36. The lowest BCUT2D eigenvalue weighted by molar-refractivity contribution is -0.123. The molecule has 2 aromatic rings. The van der Waals surface area contributed by atoms with E-state index in [4.69, 9.17) is 9.47 Å². The highest BCUT2D eigenvalue weighted by Crippen LogP contribution is 2.35. The van der Waals surface area contributed by atoms with Gasteiger partial charge in [0.05, 0.1) is 25.3 Å². The summed E-state index contributed by atoms with van der Waals surface area (Å²) in [4.78, 5) is 14.7. The molecule has 2 heterocycles. The maximum Gasteiger partial charge on any atom is 0.246 e. The zero-order chi connectivity index (χ0) is 21.3. The number of sulfonamides is 1. The van der Waals surface area contributed by atoms with Crippen molar-refractivity contribution in [3.8, 4) is 11.5 Å². The Bertz CT molecular complexity index is 1060. The van der Waals surface area contributed by atoms with Crippen LogP contribution in [0, 0.1) is 11.7 Å². The molecule has 0 radical (unpaired) electrons. The van der Waals surface area contributed by atoms with E-state index in [1.165, 1.54) is 17.5 Å². The topological polar surface area (TPSA) is 76.2 Å². The van der Waals surface area contributed by atoms with Gasteiger partial charge in [-0.2, -0.15) is 4.31 Å². The van der Waals surface area contributed by atoms with Gasteiger partial charge in [0.25, 0.3) is 0 Å². The molecule has 9 heteroatoms. The number of carbonyl (C=O) groups is 1. The molecule has 7 nitrogen and oxygen atoms in total. The summed E-state index contributed by atoms with van der Waals surface area (Å²) in [5, 5.41) is 0. The molecule has 0 N–H and O–H groups in total. The van der Waals surface area contributed by atoms with E-state index in [9.17, 15) is 17.6 Å². The number of fused-ring (bicyclic) bond motifs is 1. The van der Waals surface area contributed by atoms with Crippen molar-refractivity contribution < 1.29 is 27.1 Å². The van der Waals surface area contributed by atoms with Crippen LogP contribution in [-0.2, 0) is 14.8 Å². The average Bonchev–Trinajstić information content (AvgIpc) is 2.78. The first-order valence-corrected chi connectivity index (χ1v) is 11.2. The van der Waals surface area contributed by atoms with Crippen LogP contribution in [0.5, 0.6) is 11.5 Å². The number of amides is 1. The van der Waals surface area contributed by atoms with Crippen molar-refractivity contribution in [1.82, 2.24) is 4.31 Å². The van der Waals surface area contributed by atoms with Crippen LogP contribution in [0.4, 0.5) is 10.1 Å². The third-order valence-electron chi connectivity index (χ3n) is 5.47. The fourth-order valence-corrected chi connectivity index (χ4v) is 5.66. The molecule has 1 atom stereocenters. The third kappa shape index (κ3) is 3.75. The number of hydrogen-bond acceptors (Lipinski definition) is 5. The third-order valence-corrected chi connectivity index (χ3v) is 7.36. The van der Waals surface area contributed by atoms with Crippen molar-refractivity contribution in [3.05, 3.63) is 48.3 Å². The highest BCUT2D eigenvalue weighted by atomic mass is 32.2. The fraction of sp³-hybridized carbons (Fsp3) is 0.381. The highest BCUT2D eigenvalue weighted by molar-refractivity contribution is 7.89. The van der Waals surface area contributed by atoms with E-state index in [2.05, 4.69) is 0 Å². The van der Waals surface area contributed by atoms with E-state index >= 15 is 0 Å². The van der Waals surface area contributed by atoms with Crippen LogP contribution in [0.15, 0.2) is 47.4 Å². The Labute approximate surface area is 175 Å². The number of ether oxygens (including phenoxy) is 2. The Kier molecular flexibility index (Phi) is 5.66. The number of nitrogens with zero attached hydrogens (tertiary/aromatic N) is 2. The van der Waals surface area contributed by atoms with Crippen molar-refractivity contribution in [2.75, 3.05) is 38.3 Å². The van der Waals surface area contributed by atoms with Crippen molar-refractivity contribution in [3.63, 3.8) is 0 Å². The molecule has 0 bridgehead atoms. The molecule has 4 rings (SSSR count). The average molecular weight is 434 g/mol. The number of hydrogen-bond donors (Lipinski definition) is 0. The summed E-state index contributed by atoms with van der Waals surface area (Å²) in [6, 6.07) is 10.7. The summed E-state index contributed by atoms with van der Waals surface area (Å²) in [6.07, 6.45) is 1.13. The van der Waals surface area contributed by atoms with Crippen molar-refractivity contribution in [1.29, 1.82) is 0 Å². The van der Waals surface area contributed by atoms with Crippen LogP contribution in [0.25, 0.3) is 0 Å². The SMILES string of the molecule is COc1ccc(F)cc1S(=O)(=O)N1CCC[C@H](C(=O)N2CCOc3ccccc32)C1. The van der Waals surface area contributed by atoms with Crippen molar-refractivity contribution >= 4 is 21.6 Å². The minimum atomic E-state index is -4.01. The molecule has 1 saturated heterocycles. The van der Waals surface area contributed by atoms with Gasteiger partial charge in [-0.05, 0) is 43.2 Å². The van der Waals surface area contributed by atoms with Crippen LogP contribution in [0.3, 0.4) is 0 Å². The Morgan fingerprint density at radius 1 is 1.20 bits per heavy atom. The lowest BCUT2D eigenvalue weighted by Crippen LogP contribution is -2.48. The first-order valence-electron chi connectivity index (χ1n) is 9.78. The smallest absolute Gasteiger partial charge is 0.246 e. The van der Waals surface area contributed by atoms with Gasteiger partial charge in [0.2, 0.25) is 15.9 Å². The number of piperidine rings is 1. The minimum Gasteiger partial charge on any atom is -0.495 e. The van der Waals surface area contributed by atoms with Crippen LogP contribution in [0.1, 0.15) is 12.8 Å². The Morgan fingerprint density at radius 2 is 2.00 bits per heavy atom. The molecule has 1 amide bonds. The lowest BCUT2D eigenvalue weighted by atomic mass is 9.97. The Balaban J connectivity index is 1.58. The number of para-hydroxylation sites is 2. The van der Waals surface area contributed by atoms with Gasteiger partial charge >= 0.3 is 0 Å². The zero-order valence-electron chi connectivity index (χ0n) is 16.6. The molecular weight excluding hydrogens is 411 g/mol. The Morgan fingerprint density at radius 3 is 2.80 bits per heavy atom.